The first-order valence-corrected chi connectivity index (χ1v) is 12.7. The van der Waals surface area contributed by atoms with E-state index in [1.54, 1.807) is 25.1 Å². The normalized spacial score (nSPS) is 23.0. The Morgan fingerprint density at radius 2 is 1.73 bits per heavy atom. The number of nitrogens with one attached hydrogen (secondary N) is 2. The van der Waals surface area contributed by atoms with Crippen molar-refractivity contribution >= 4 is 5.71 Å². The number of aromatic amines is 1. The lowest BCUT2D eigenvalue weighted by Crippen LogP contribution is -2.62. The molecule has 0 aliphatic carbocycles. The van der Waals surface area contributed by atoms with Gasteiger partial charge in [-0.2, -0.15) is 31.4 Å². The van der Waals surface area contributed by atoms with Crippen molar-refractivity contribution in [1.82, 2.24) is 20.1 Å². The Hall–Kier alpha value is -3.49. The maximum atomic E-state index is 13.4. The number of alkyl halides is 6. The van der Waals surface area contributed by atoms with Crippen LogP contribution in [0.15, 0.2) is 64.6 Å². The number of aliphatic imine (C=N–C) groups is 1. The van der Waals surface area contributed by atoms with Crippen LogP contribution in [0.3, 0.4) is 0 Å². The predicted molar refractivity (Wildman–Crippen MR) is 137 cm³/mol. The lowest BCUT2D eigenvalue weighted by atomic mass is 9.74. The summed E-state index contributed by atoms with van der Waals surface area (Å²) in [5.41, 5.74) is -4.26. The highest BCUT2D eigenvalue weighted by Gasteiger charge is 2.47. The zero-order valence-corrected chi connectivity index (χ0v) is 22.2. The number of nitrogens with zero attached hydrogens (tertiary/aromatic N) is 3. The average Bonchev–Trinajstić information content (AvgIpc) is 3.37. The molecule has 0 radical (unpaired) electrons. The van der Waals surface area contributed by atoms with Gasteiger partial charge in [-0.25, -0.2) is 9.89 Å². The molecule has 0 spiro atoms. The summed E-state index contributed by atoms with van der Waals surface area (Å²) in [4.78, 5) is 16.7. The number of benzene rings is 2. The standard InChI is InChI=1S/C27H29F6N5O3/c1-17(19-10-21(26(28,29)30)12-22(11-19)27(31,32)33)41-14-24(20-6-4-3-5-7-20)8-9-25(13-35-24,18(2)34-16-39)38-15-36-37-23(38)40/h3-7,10-12,15,17,35,39H,8-9,13-14,16H2,1-2H3,(H,37,40)/b34-18+/t17-,24-,25+/m1/s1. The number of H-pyrrole nitrogens is 1. The van der Waals surface area contributed by atoms with E-state index in [0.29, 0.717) is 30.7 Å². The quantitative estimate of drug-likeness (QED) is 0.261. The average molecular weight is 586 g/mol. The van der Waals surface area contributed by atoms with Crippen LogP contribution in [0, 0.1) is 0 Å². The molecule has 2 heterocycles. The first-order chi connectivity index (χ1) is 19.2. The lowest BCUT2D eigenvalue weighted by molar-refractivity contribution is -0.143. The van der Waals surface area contributed by atoms with Crippen LogP contribution in [0.1, 0.15) is 55.0 Å². The first-order valence-electron chi connectivity index (χ1n) is 12.7. The van der Waals surface area contributed by atoms with Crippen LogP contribution in [-0.2, 0) is 28.2 Å². The van der Waals surface area contributed by atoms with Crippen molar-refractivity contribution in [2.75, 3.05) is 19.9 Å². The van der Waals surface area contributed by atoms with Crippen LogP contribution in [0.5, 0.6) is 0 Å². The van der Waals surface area contributed by atoms with Crippen molar-refractivity contribution in [2.24, 2.45) is 4.99 Å². The van der Waals surface area contributed by atoms with Crippen molar-refractivity contribution in [2.45, 2.75) is 56.2 Å². The molecule has 3 atom stereocenters. The first kappa shape index (κ1) is 30.5. The molecule has 1 saturated heterocycles. The summed E-state index contributed by atoms with van der Waals surface area (Å²) in [6, 6.07) is 10.5. The summed E-state index contributed by atoms with van der Waals surface area (Å²) in [5, 5.41) is 19.0. The molecule has 1 aliphatic rings. The number of ether oxygens (including phenoxy) is 1. The Bertz CT molecular complexity index is 1390. The monoisotopic (exact) mass is 585 g/mol. The Morgan fingerprint density at radius 1 is 1.10 bits per heavy atom. The summed E-state index contributed by atoms with van der Waals surface area (Å²) < 4.78 is 87.9. The van der Waals surface area contributed by atoms with Gasteiger partial charge in [-0.05, 0) is 56.0 Å². The molecule has 14 heteroatoms. The molecular weight excluding hydrogens is 556 g/mol. The number of hydrogen-bond donors (Lipinski definition) is 3. The Labute approximate surface area is 231 Å². The van der Waals surface area contributed by atoms with Gasteiger partial charge in [0, 0.05) is 12.3 Å². The third-order valence-corrected chi connectivity index (χ3v) is 7.66. The van der Waals surface area contributed by atoms with Gasteiger partial charge < -0.3 is 15.2 Å². The molecule has 2 aromatic carbocycles. The highest BCUT2D eigenvalue weighted by molar-refractivity contribution is 5.90. The van der Waals surface area contributed by atoms with E-state index in [1.807, 2.05) is 12.1 Å². The van der Waals surface area contributed by atoms with Crippen LogP contribution in [0.2, 0.25) is 0 Å². The lowest BCUT2D eigenvalue weighted by Gasteiger charge is -2.48. The number of aliphatic hydroxyl groups is 1. The molecule has 0 saturated carbocycles. The SMILES string of the molecule is C/C(=N\CO)[C@]1(n2cn[nH]c2=O)CC[C@@](CO[C@H](C)c2cc(C(F)(F)F)cc(C(F)(F)F)c2)(c2ccccc2)NC1. The van der Waals surface area contributed by atoms with E-state index in [2.05, 4.69) is 20.5 Å². The van der Waals surface area contributed by atoms with E-state index >= 15 is 0 Å². The number of hydrogen-bond acceptors (Lipinski definition) is 6. The highest BCUT2D eigenvalue weighted by Crippen LogP contribution is 2.41. The zero-order valence-electron chi connectivity index (χ0n) is 22.2. The molecule has 1 fully saturated rings. The van der Waals surface area contributed by atoms with E-state index in [1.165, 1.54) is 17.8 Å². The van der Waals surface area contributed by atoms with E-state index in [-0.39, 0.29) is 24.8 Å². The van der Waals surface area contributed by atoms with Gasteiger partial charge in [0.05, 0.1) is 29.4 Å². The molecule has 4 rings (SSSR count). The summed E-state index contributed by atoms with van der Waals surface area (Å²) >= 11 is 0. The van der Waals surface area contributed by atoms with Crippen molar-refractivity contribution < 1.29 is 36.2 Å². The van der Waals surface area contributed by atoms with Gasteiger partial charge in [0.1, 0.15) is 18.6 Å². The Balaban J connectivity index is 1.66. The fourth-order valence-corrected chi connectivity index (χ4v) is 5.19. The number of halogens is 6. The third-order valence-electron chi connectivity index (χ3n) is 7.66. The molecule has 0 unspecified atom stereocenters. The minimum atomic E-state index is -4.98. The molecule has 0 bridgehead atoms. The number of aliphatic hydroxyl groups excluding tert-OH is 1. The van der Waals surface area contributed by atoms with Gasteiger partial charge in [-0.3, -0.25) is 9.56 Å². The molecule has 8 nitrogen and oxygen atoms in total. The number of piperidine rings is 1. The molecule has 222 valence electrons. The second kappa shape index (κ2) is 11.4. The van der Waals surface area contributed by atoms with Crippen LogP contribution in [0.25, 0.3) is 0 Å². The maximum Gasteiger partial charge on any atom is 0.416 e. The van der Waals surface area contributed by atoms with Crippen molar-refractivity contribution in [3.8, 4) is 0 Å². The van der Waals surface area contributed by atoms with E-state index < -0.39 is 53.1 Å². The van der Waals surface area contributed by atoms with Crippen molar-refractivity contribution in [1.29, 1.82) is 0 Å². The minimum Gasteiger partial charge on any atom is -0.375 e. The van der Waals surface area contributed by atoms with Gasteiger partial charge in [0.15, 0.2) is 0 Å². The van der Waals surface area contributed by atoms with E-state index in [0.717, 1.165) is 5.56 Å². The van der Waals surface area contributed by atoms with Gasteiger partial charge in [0.25, 0.3) is 0 Å². The summed E-state index contributed by atoms with van der Waals surface area (Å²) in [5.74, 6) is 0. The predicted octanol–water partition coefficient (Wildman–Crippen LogP) is 4.77. The summed E-state index contributed by atoms with van der Waals surface area (Å²) in [6.45, 7) is 2.60. The Kier molecular flexibility index (Phi) is 8.48. The van der Waals surface area contributed by atoms with Crippen LogP contribution < -0.4 is 11.0 Å². The fourth-order valence-electron chi connectivity index (χ4n) is 5.19. The van der Waals surface area contributed by atoms with Crippen molar-refractivity contribution in [3.05, 3.63) is 87.6 Å². The Morgan fingerprint density at radius 3 is 2.22 bits per heavy atom. The molecule has 1 aromatic heterocycles. The smallest absolute Gasteiger partial charge is 0.375 e. The van der Waals surface area contributed by atoms with Gasteiger partial charge in [-0.15, -0.1) is 0 Å². The van der Waals surface area contributed by atoms with Crippen LogP contribution >= 0.6 is 0 Å². The molecule has 3 N–H and O–H groups in total. The molecular formula is C27H29F6N5O3. The van der Waals surface area contributed by atoms with Gasteiger partial charge >= 0.3 is 18.0 Å². The van der Waals surface area contributed by atoms with E-state index in [4.69, 9.17) is 4.74 Å². The largest absolute Gasteiger partial charge is 0.416 e. The molecule has 41 heavy (non-hydrogen) atoms. The number of rotatable bonds is 8. The second-order valence-corrected chi connectivity index (χ2v) is 10.0. The van der Waals surface area contributed by atoms with Gasteiger partial charge in [-0.1, -0.05) is 30.3 Å². The van der Waals surface area contributed by atoms with Crippen LogP contribution in [-0.4, -0.2) is 45.5 Å². The fraction of sp³-hybridized carbons (Fsp3) is 0.444. The summed E-state index contributed by atoms with van der Waals surface area (Å²) in [7, 11) is 0. The zero-order chi connectivity index (χ0) is 30.1. The molecule has 0 amide bonds. The topological polar surface area (TPSA) is 105 Å². The maximum absolute atomic E-state index is 13.4. The molecule has 3 aromatic rings. The van der Waals surface area contributed by atoms with Crippen molar-refractivity contribution in [3.63, 3.8) is 0 Å². The number of aromatic nitrogens is 3. The van der Waals surface area contributed by atoms with E-state index in [9.17, 15) is 36.2 Å². The third kappa shape index (κ3) is 6.23. The summed E-state index contributed by atoms with van der Waals surface area (Å²) in [6.07, 6.45) is -9.09. The minimum absolute atomic E-state index is 0.0814. The van der Waals surface area contributed by atoms with Gasteiger partial charge in [0.2, 0.25) is 0 Å². The molecule has 1 aliphatic heterocycles. The second-order valence-electron chi connectivity index (χ2n) is 10.0. The highest BCUT2D eigenvalue weighted by atomic mass is 19.4. The van der Waals surface area contributed by atoms with Crippen LogP contribution in [0.4, 0.5) is 26.3 Å².